The molecule has 0 aliphatic rings. The first-order valence-electron chi connectivity index (χ1n) is 11.2. The standard InChI is InChI=1S/C24H23N5O10S/c1-28(2)21(30)14-10-15(22(31)32)12-16(11-14)39-20-18(29(35)36)19(26-24(27-20)40(3,37)38)25-17(23(33)34)9-13-7-5-4-6-8-13/h4-8,10-12,17H,9H2,1-3H3,(H,31,32)(H,33,34)(H,25,26,27). The summed E-state index contributed by atoms with van der Waals surface area (Å²) in [4.78, 5) is 55.7. The van der Waals surface area contributed by atoms with Crippen molar-refractivity contribution in [2.75, 3.05) is 25.7 Å². The Hall–Kier alpha value is -5.12. The van der Waals surface area contributed by atoms with Crippen molar-refractivity contribution in [1.29, 1.82) is 0 Å². The molecule has 1 unspecified atom stereocenters. The Morgan fingerprint density at radius 2 is 1.70 bits per heavy atom. The number of aromatic carboxylic acids is 1. The number of carbonyl (C=O) groups excluding carboxylic acids is 1. The van der Waals surface area contributed by atoms with E-state index in [1.54, 1.807) is 30.3 Å². The van der Waals surface area contributed by atoms with Crippen molar-refractivity contribution < 1.29 is 42.7 Å². The summed E-state index contributed by atoms with van der Waals surface area (Å²) < 4.78 is 30.1. The van der Waals surface area contributed by atoms with Crippen LogP contribution in [0.2, 0.25) is 0 Å². The molecule has 0 saturated carbocycles. The number of nitrogens with one attached hydrogen (secondary N) is 1. The molecule has 3 N–H and O–H groups in total. The van der Waals surface area contributed by atoms with E-state index < -0.39 is 72.5 Å². The highest BCUT2D eigenvalue weighted by Crippen LogP contribution is 2.37. The molecule has 2 aromatic carbocycles. The third-order valence-corrected chi connectivity index (χ3v) is 6.10. The van der Waals surface area contributed by atoms with Crippen LogP contribution < -0.4 is 10.1 Å². The van der Waals surface area contributed by atoms with E-state index in [0.717, 1.165) is 29.4 Å². The Kier molecular flexibility index (Phi) is 8.63. The van der Waals surface area contributed by atoms with Crippen LogP contribution in [0.5, 0.6) is 11.6 Å². The summed E-state index contributed by atoms with van der Waals surface area (Å²) in [6.45, 7) is 0. The van der Waals surface area contributed by atoms with Crippen molar-refractivity contribution in [2.45, 2.75) is 17.6 Å². The summed E-state index contributed by atoms with van der Waals surface area (Å²) in [7, 11) is -1.39. The summed E-state index contributed by atoms with van der Waals surface area (Å²) in [5.74, 6) is -5.57. The molecule has 0 bridgehead atoms. The van der Waals surface area contributed by atoms with Gasteiger partial charge in [-0.3, -0.25) is 14.9 Å². The molecule has 0 spiro atoms. The Morgan fingerprint density at radius 1 is 1.07 bits per heavy atom. The van der Waals surface area contributed by atoms with E-state index in [-0.39, 0.29) is 12.0 Å². The number of nitrogens with zero attached hydrogens (tertiary/aromatic N) is 4. The number of rotatable bonds is 11. The van der Waals surface area contributed by atoms with Gasteiger partial charge < -0.3 is 25.2 Å². The predicted octanol–water partition coefficient (Wildman–Crippen LogP) is 2.09. The number of carboxylic acid groups (broad SMARTS) is 2. The van der Waals surface area contributed by atoms with Crippen molar-refractivity contribution >= 4 is 39.2 Å². The summed E-state index contributed by atoms with van der Waals surface area (Å²) in [5, 5.41) is 32.8. The second kappa shape index (κ2) is 11.7. The summed E-state index contributed by atoms with van der Waals surface area (Å²) in [6, 6.07) is 9.89. The maximum Gasteiger partial charge on any atom is 0.373 e. The van der Waals surface area contributed by atoms with E-state index in [4.69, 9.17) is 4.74 Å². The molecule has 1 aromatic heterocycles. The molecule has 1 heterocycles. The number of hydrogen-bond acceptors (Lipinski definition) is 11. The minimum Gasteiger partial charge on any atom is -0.480 e. The molecule has 1 atom stereocenters. The number of hydrogen-bond donors (Lipinski definition) is 3. The quantitative estimate of drug-likeness (QED) is 0.170. The van der Waals surface area contributed by atoms with Crippen molar-refractivity contribution in [3.63, 3.8) is 0 Å². The predicted molar refractivity (Wildman–Crippen MR) is 138 cm³/mol. The van der Waals surface area contributed by atoms with Gasteiger partial charge in [0.15, 0.2) is 0 Å². The third kappa shape index (κ3) is 7.04. The normalized spacial score (nSPS) is 11.8. The molecule has 3 aromatic rings. The first kappa shape index (κ1) is 29.4. The number of ether oxygens (including phenoxy) is 1. The van der Waals surface area contributed by atoms with E-state index >= 15 is 0 Å². The molecule has 15 nitrogen and oxygen atoms in total. The van der Waals surface area contributed by atoms with Crippen LogP contribution in [0.15, 0.2) is 53.7 Å². The van der Waals surface area contributed by atoms with E-state index in [9.17, 15) is 43.1 Å². The van der Waals surface area contributed by atoms with Gasteiger partial charge in [0.1, 0.15) is 11.8 Å². The molecule has 210 valence electrons. The van der Waals surface area contributed by atoms with Gasteiger partial charge in [-0.25, -0.2) is 18.0 Å². The topological polar surface area (TPSA) is 219 Å². The fraction of sp³-hybridized carbons (Fsp3) is 0.208. The molecule has 1 amide bonds. The molecule has 0 aliphatic heterocycles. The largest absolute Gasteiger partial charge is 0.480 e. The van der Waals surface area contributed by atoms with Crippen LogP contribution in [0.25, 0.3) is 0 Å². The second-order valence-corrected chi connectivity index (χ2v) is 10.5. The molecule has 40 heavy (non-hydrogen) atoms. The average Bonchev–Trinajstić information content (AvgIpc) is 2.87. The van der Waals surface area contributed by atoms with E-state index in [2.05, 4.69) is 15.3 Å². The molecule has 0 aliphatic carbocycles. The zero-order valence-electron chi connectivity index (χ0n) is 21.3. The van der Waals surface area contributed by atoms with Crippen LogP contribution in [0.1, 0.15) is 26.3 Å². The zero-order chi connectivity index (χ0) is 29.8. The second-order valence-electron chi connectivity index (χ2n) is 8.62. The Morgan fingerprint density at radius 3 is 2.23 bits per heavy atom. The van der Waals surface area contributed by atoms with Crippen molar-refractivity contribution in [3.05, 3.63) is 75.3 Å². The van der Waals surface area contributed by atoms with Gasteiger partial charge in [-0.2, -0.15) is 9.97 Å². The maximum absolute atomic E-state index is 12.5. The van der Waals surface area contributed by atoms with E-state index in [1.165, 1.54) is 14.1 Å². The minimum absolute atomic E-state index is 0.146. The van der Waals surface area contributed by atoms with Crippen LogP contribution in [0, 0.1) is 10.1 Å². The summed E-state index contributed by atoms with van der Waals surface area (Å²) in [5.41, 5.74) is -1.02. The van der Waals surface area contributed by atoms with Crippen LogP contribution in [0.3, 0.4) is 0 Å². The fourth-order valence-corrected chi connectivity index (χ4v) is 3.91. The number of aliphatic carboxylic acids is 1. The monoisotopic (exact) mass is 573 g/mol. The average molecular weight is 574 g/mol. The van der Waals surface area contributed by atoms with Gasteiger partial charge in [0, 0.05) is 32.3 Å². The lowest BCUT2D eigenvalue weighted by molar-refractivity contribution is -0.385. The molecule has 0 saturated heterocycles. The number of amides is 1. The summed E-state index contributed by atoms with van der Waals surface area (Å²) in [6.07, 6.45) is 0.567. The van der Waals surface area contributed by atoms with Gasteiger partial charge in [0.25, 0.3) is 11.1 Å². The first-order valence-corrected chi connectivity index (χ1v) is 13.1. The number of carboxylic acids is 2. The van der Waals surface area contributed by atoms with Crippen molar-refractivity contribution in [1.82, 2.24) is 14.9 Å². The number of carbonyl (C=O) groups is 3. The Balaban J connectivity index is 2.19. The molecule has 3 rings (SSSR count). The Bertz CT molecular complexity index is 1590. The molecule has 0 radical (unpaired) electrons. The lowest BCUT2D eigenvalue weighted by atomic mass is 10.1. The highest BCUT2D eigenvalue weighted by Gasteiger charge is 2.33. The van der Waals surface area contributed by atoms with E-state index in [0.29, 0.717) is 5.56 Å². The molecular formula is C24H23N5O10S. The van der Waals surface area contributed by atoms with Gasteiger partial charge in [0.05, 0.1) is 10.5 Å². The zero-order valence-corrected chi connectivity index (χ0v) is 22.1. The lowest BCUT2D eigenvalue weighted by Gasteiger charge is -2.17. The maximum atomic E-state index is 12.5. The number of benzene rings is 2. The van der Waals surface area contributed by atoms with Crippen molar-refractivity contribution in [3.8, 4) is 11.6 Å². The number of anilines is 1. The Labute approximate surface area is 227 Å². The van der Waals surface area contributed by atoms with Gasteiger partial charge in [0.2, 0.25) is 15.7 Å². The number of nitro groups is 1. The molecule has 0 fully saturated rings. The van der Waals surface area contributed by atoms with Crippen LogP contribution in [-0.2, 0) is 21.1 Å². The number of sulfone groups is 1. The first-order chi connectivity index (χ1) is 18.7. The summed E-state index contributed by atoms with van der Waals surface area (Å²) >= 11 is 0. The third-order valence-electron chi connectivity index (χ3n) is 5.26. The highest BCUT2D eigenvalue weighted by atomic mass is 32.2. The lowest BCUT2D eigenvalue weighted by Crippen LogP contribution is -2.32. The van der Waals surface area contributed by atoms with E-state index in [1.807, 2.05) is 0 Å². The SMILES string of the molecule is CN(C)C(=O)c1cc(Oc2nc(S(C)(=O)=O)nc(NC(Cc3ccccc3)C(=O)O)c2[N+](=O)[O-])cc(C(=O)O)c1. The number of aromatic nitrogens is 2. The van der Waals surface area contributed by atoms with Crippen LogP contribution >= 0.6 is 0 Å². The van der Waals surface area contributed by atoms with Crippen LogP contribution in [0.4, 0.5) is 11.5 Å². The minimum atomic E-state index is -4.22. The highest BCUT2D eigenvalue weighted by molar-refractivity contribution is 7.90. The molecular weight excluding hydrogens is 550 g/mol. The van der Waals surface area contributed by atoms with Gasteiger partial charge in [-0.05, 0) is 23.8 Å². The van der Waals surface area contributed by atoms with Gasteiger partial charge in [-0.1, -0.05) is 30.3 Å². The van der Waals surface area contributed by atoms with Gasteiger partial charge in [-0.15, -0.1) is 0 Å². The van der Waals surface area contributed by atoms with Crippen molar-refractivity contribution in [2.24, 2.45) is 0 Å². The smallest absolute Gasteiger partial charge is 0.373 e. The van der Waals surface area contributed by atoms with Gasteiger partial charge >= 0.3 is 23.5 Å². The molecule has 16 heteroatoms. The van der Waals surface area contributed by atoms with Crippen LogP contribution in [-0.4, -0.2) is 82.7 Å². The fourth-order valence-electron chi connectivity index (χ4n) is 3.41.